The van der Waals surface area contributed by atoms with Crippen LogP contribution in [-0.2, 0) is 4.79 Å². The highest BCUT2D eigenvalue weighted by atomic mass is 16.2. The third-order valence-electron chi connectivity index (χ3n) is 5.92. The first-order chi connectivity index (χ1) is 16.6. The highest BCUT2D eigenvalue weighted by molar-refractivity contribution is 5.97. The van der Waals surface area contributed by atoms with Crippen molar-refractivity contribution >= 4 is 23.5 Å². The van der Waals surface area contributed by atoms with Crippen molar-refractivity contribution in [2.24, 2.45) is 0 Å². The van der Waals surface area contributed by atoms with Crippen molar-refractivity contribution in [1.82, 2.24) is 30.0 Å². The molecule has 2 amide bonds. The molecule has 0 spiro atoms. The van der Waals surface area contributed by atoms with Crippen LogP contribution in [0.1, 0.15) is 24.2 Å². The molecule has 2 heterocycles. The van der Waals surface area contributed by atoms with Gasteiger partial charge in [0.05, 0.1) is 12.2 Å². The number of nitrogens with zero attached hydrogens (tertiary/aromatic N) is 7. The Morgan fingerprint density at radius 1 is 0.971 bits per heavy atom. The molecule has 1 fully saturated rings. The summed E-state index contributed by atoms with van der Waals surface area (Å²) < 4.78 is 1.73. The molecule has 0 atom stereocenters. The monoisotopic (exact) mass is 462 g/mol. The first-order valence-corrected chi connectivity index (χ1v) is 11.6. The smallest absolute Gasteiger partial charge is 0.253 e. The highest BCUT2D eigenvalue weighted by Gasteiger charge is 2.23. The Morgan fingerprint density at radius 3 is 2.41 bits per heavy atom. The molecule has 0 bridgehead atoms. The zero-order valence-corrected chi connectivity index (χ0v) is 19.6. The Hall–Kier alpha value is -3.79. The van der Waals surface area contributed by atoms with Gasteiger partial charge in [-0.3, -0.25) is 14.5 Å². The van der Waals surface area contributed by atoms with E-state index in [0.717, 1.165) is 18.8 Å². The predicted molar refractivity (Wildman–Crippen MR) is 130 cm³/mol. The molecule has 1 saturated heterocycles. The van der Waals surface area contributed by atoms with Crippen LogP contribution in [0, 0.1) is 0 Å². The molecule has 1 aliphatic rings. The van der Waals surface area contributed by atoms with Crippen LogP contribution >= 0.6 is 0 Å². The van der Waals surface area contributed by atoms with Gasteiger partial charge in [0.15, 0.2) is 0 Å². The van der Waals surface area contributed by atoms with E-state index in [0.29, 0.717) is 43.4 Å². The number of piperazine rings is 1. The second-order valence-electron chi connectivity index (χ2n) is 8.10. The highest BCUT2D eigenvalue weighted by Crippen LogP contribution is 2.17. The van der Waals surface area contributed by atoms with Gasteiger partial charge in [0.25, 0.3) is 5.91 Å². The van der Waals surface area contributed by atoms with E-state index in [2.05, 4.69) is 30.6 Å². The minimum absolute atomic E-state index is 0.0323. The predicted octanol–water partition coefficient (Wildman–Crippen LogP) is 1.90. The number of rotatable bonds is 8. The minimum atomic E-state index is -0.102. The van der Waals surface area contributed by atoms with E-state index in [1.54, 1.807) is 33.8 Å². The van der Waals surface area contributed by atoms with Gasteiger partial charge >= 0.3 is 0 Å². The summed E-state index contributed by atoms with van der Waals surface area (Å²) in [5.41, 5.74) is 2.11. The number of hydrogen-bond acceptors (Lipinski definition) is 7. The molecule has 3 aromatic rings. The fraction of sp³-hybridized carbons (Fsp3) is 0.375. The fourth-order valence-electron chi connectivity index (χ4n) is 4.05. The van der Waals surface area contributed by atoms with Gasteiger partial charge < -0.3 is 15.1 Å². The molecule has 10 heteroatoms. The molecular weight excluding hydrogens is 432 g/mol. The van der Waals surface area contributed by atoms with Gasteiger partial charge in [0.2, 0.25) is 11.9 Å². The van der Waals surface area contributed by atoms with E-state index in [1.807, 2.05) is 44.2 Å². The molecule has 1 N–H and O–H groups in total. The second-order valence-corrected chi connectivity index (χ2v) is 8.10. The Balaban J connectivity index is 1.31. The molecule has 0 saturated carbocycles. The molecule has 1 aliphatic heterocycles. The number of para-hydroxylation sites is 1. The zero-order chi connectivity index (χ0) is 23.9. The molecule has 178 valence electrons. The average Bonchev–Trinajstić information content (AvgIpc) is 3.36. The largest absolute Gasteiger partial charge is 0.339 e. The molecule has 0 aliphatic carbocycles. The number of nitrogens with one attached hydrogen (secondary N) is 1. The van der Waals surface area contributed by atoms with Crippen LogP contribution < -0.4 is 10.2 Å². The van der Waals surface area contributed by atoms with Gasteiger partial charge in [-0.25, -0.2) is 0 Å². The summed E-state index contributed by atoms with van der Waals surface area (Å²) >= 11 is 0. The third-order valence-corrected chi connectivity index (χ3v) is 5.92. The third kappa shape index (κ3) is 5.40. The van der Waals surface area contributed by atoms with Gasteiger partial charge in [0, 0.05) is 50.5 Å². The molecular formula is C24H30N8O2. The van der Waals surface area contributed by atoms with Crippen LogP contribution in [0.5, 0.6) is 0 Å². The number of anilines is 2. The molecule has 1 aromatic heterocycles. The van der Waals surface area contributed by atoms with Gasteiger partial charge in [-0.1, -0.05) is 29.4 Å². The molecule has 34 heavy (non-hydrogen) atoms. The standard InChI is InChI=1S/C24H30N8O2/c1-3-30(4-2)23(34)19-9-8-10-20(17-19)25-22(33)18-29-13-15-31(16-14-29)24-26-27-28-32(24)21-11-6-5-7-12-21/h5-12,17H,3-4,13-16,18H2,1-2H3,(H,25,33). The summed E-state index contributed by atoms with van der Waals surface area (Å²) in [5.74, 6) is 0.565. The van der Waals surface area contributed by atoms with Crippen molar-refractivity contribution in [3.05, 3.63) is 60.2 Å². The van der Waals surface area contributed by atoms with Gasteiger partial charge in [-0.15, -0.1) is 0 Å². The fourth-order valence-corrected chi connectivity index (χ4v) is 4.05. The molecule has 0 unspecified atom stereocenters. The summed E-state index contributed by atoms with van der Waals surface area (Å²) in [6.07, 6.45) is 0. The van der Waals surface area contributed by atoms with Crippen molar-refractivity contribution in [2.75, 3.05) is 56.0 Å². The van der Waals surface area contributed by atoms with Gasteiger partial charge in [-0.05, 0) is 54.6 Å². The average molecular weight is 463 g/mol. The number of amides is 2. The zero-order valence-electron chi connectivity index (χ0n) is 19.6. The van der Waals surface area contributed by atoms with E-state index in [4.69, 9.17) is 0 Å². The van der Waals surface area contributed by atoms with E-state index in [9.17, 15) is 9.59 Å². The maximum Gasteiger partial charge on any atom is 0.253 e. The number of aromatic nitrogens is 4. The SMILES string of the molecule is CCN(CC)C(=O)c1cccc(NC(=O)CN2CCN(c3nnnn3-c3ccccc3)CC2)c1. The van der Waals surface area contributed by atoms with Crippen LogP contribution in [0.4, 0.5) is 11.6 Å². The lowest BCUT2D eigenvalue weighted by atomic mass is 10.1. The van der Waals surface area contributed by atoms with Crippen LogP contribution in [0.25, 0.3) is 5.69 Å². The topological polar surface area (TPSA) is 99.5 Å². The molecule has 4 rings (SSSR count). The molecule has 10 nitrogen and oxygen atoms in total. The van der Waals surface area contributed by atoms with Crippen molar-refractivity contribution in [3.63, 3.8) is 0 Å². The van der Waals surface area contributed by atoms with Crippen LogP contribution in [0.3, 0.4) is 0 Å². The number of carbonyl (C=O) groups is 2. The number of carbonyl (C=O) groups excluding carboxylic acids is 2. The Kier molecular flexibility index (Phi) is 7.48. The van der Waals surface area contributed by atoms with E-state index < -0.39 is 0 Å². The maximum absolute atomic E-state index is 12.7. The van der Waals surface area contributed by atoms with E-state index in [1.165, 1.54) is 0 Å². The van der Waals surface area contributed by atoms with Crippen LogP contribution in [0.15, 0.2) is 54.6 Å². The Bertz CT molecular complexity index is 1100. The lowest BCUT2D eigenvalue weighted by Gasteiger charge is -2.34. The normalized spacial score (nSPS) is 14.1. The summed E-state index contributed by atoms with van der Waals surface area (Å²) in [5, 5.41) is 15.1. The summed E-state index contributed by atoms with van der Waals surface area (Å²) in [4.78, 5) is 31.2. The van der Waals surface area contributed by atoms with Crippen LogP contribution in [0.2, 0.25) is 0 Å². The van der Waals surface area contributed by atoms with Crippen molar-refractivity contribution in [3.8, 4) is 5.69 Å². The molecule has 2 aromatic carbocycles. The summed E-state index contributed by atoms with van der Waals surface area (Å²) in [6, 6.07) is 16.9. The van der Waals surface area contributed by atoms with Crippen LogP contribution in [-0.4, -0.2) is 87.6 Å². The number of hydrogen-bond donors (Lipinski definition) is 1. The van der Waals surface area contributed by atoms with Gasteiger partial charge in [0.1, 0.15) is 0 Å². The second kappa shape index (κ2) is 10.9. The first kappa shape index (κ1) is 23.4. The van der Waals surface area contributed by atoms with E-state index >= 15 is 0 Å². The molecule has 0 radical (unpaired) electrons. The maximum atomic E-state index is 12.7. The lowest BCUT2D eigenvalue weighted by molar-refractivity contribution is -0.117. The number of tetrazole rings is 1. The Labute approximate surface area is 199 Å². The van der Waals surface area contributed by atoms with Crippen molar-refractivity contribution in [2.45, 2.75) is 13.8 Å². The Morgan fingerprint density at radius 2 is 1.71 bits per heavy atom. The number of benzene rings is 2. The minimum Gasteiger partial charge on any atom is -0.339 e. The van der Waals surface area contributed by atoms with E-state index in [-0.39, 0.29) is 18.4 Å². The van der Waals surface area contributed by atoms with Gasteiger partial charge in [-0.2, -0.15) is 4.68 Å². The van der Waals surface area contributed by atoms with Crippen molar-refractivity contribution < 1.29 is 9.59 Å². The first-order valence-electron chi connectivity index (χ1n) is 11.6. The van der Waals surface area contributed by atoms with Crippen molar-refractivity contribution in [1.29, 1.82) is 0 Å². The lowest BCUT2D eigenvalue weighted by Crippen LogP contribution is -2.49. The summed E-state index contributed by atoms with van der Waals surface area (Å²) in [6.45, 7) is 8.36. The quantitative estimate of drug-likeness (QED) is 0.546. The summed E-state index contributed by atoms with van der Waals surface area (Å²) in [7, 11) is 0.